The Hall–Kier alpha value is -1.55. The number of methoxy groups -OCH3 is 1. The van der Waals surface area contributed by atoms with Gasteiger partial charge in [-0.3, -0.25) is 4.79 Å². The van der Waals surface area contributed by atoms with Crippen LogP contribution in [0.1, 0.15) is 24.2 Å². The average Bonchev–Trinajstić information content (AvgIpc) is 2.38. The van der Waals surface area contributed by atoms with Gasteiger partial charge in [0.1, 0.15) is 0 Å². The monoisotopic (exact) mass is 250 g/mol. The zero-order valence-electron chi connectivity index (χ0n) is 11.6. The molecule has 100 valence electrons. The van der Waals surface area contributed by atoms with Gasteiger partial charge < -0.3 is 15.0 Å². The third-order valence-corrected chi connectivity index (χ3v) is 2.84. The zero-order valence-corrected chi connectivity index (χ0v) is 11.6. The summed E-state index contributed by atoms with van der Waals surface area (Å²) in [5.74, 6) is 0.0460. The molecule has 4 heteroatoms. The third-order valence-electron chi connectivity index (χ3n) is 2.84. The number of carbonyl (C=O) groups is 1. The lowest BCUT2D eigenvalue weighted by Gasteiger charge is -2.26. The molecule has 0 saturated heterocycles. The molecule has 0 aliphatic heterocycles. The zero-order chi connectivity index (χ0) is 13.5. The van der Waals surface area contributed by atoms with Crippen molar-refractivity contribution in [1.29, 1.82) is 0 Å². The maximum absolute atomic E-state index is 12.3. The van der Waals surface area contributed by atoms with Crippen LogP contribution in [0.2, 0.25) is 0 Å². The molecule has 0 radical (unpaired) electrons. The molecule has 0 aliphatic rings. The van der Waals surface area contributed by atoms with Crippen molar-refractivity contribution in [2.45, 2.75) is 19.9 Å². The van der Waals surface area contributed by atoms with Crippen molar-refractivity contribution in [1.82, 2.24) is 4.90 Å². The number of hydrogen-bond acceptors (Lipinski definition) is 3. The van der Waals surface area contributed by atoms with Crippen molar-refractivity contribution in [2.75, 3.05) is 32.6 Å². The summed E-state index contributed by atoms with van der Waals surface area (Å²) in [4.78, 5) is 14.2. The summed E-state index contributed by atoms with van der Waals surface area (Å²) in [6.07, 6.45) is 0. The van der Waals surface area contributed by atoms with Crippen molar-refractivity contribution in [2.24, 2.45) is 0 Å². The van der Waals surface area contributed by atoms with Crippen LogP contribution in [0.3, 0.4) is 0 Å². The van der Waals surface area contributed by atoms with Crippen LogP contribution in [0.5, 0.6) is 0 Å². The summed E-state index contributed by atoms with van der Waals surface area (Å²) >= 11 is 0. The molecule has 1 aromatic carbocycles. The molecule has 0 heterocycles. The van der Waals surface area contributed by atoms with Gasteiger partial charge in [0.05, 0.1) is 6.61 Å². The molecule has 1 N–H and O–H groups in total. The highest BCUT2D eigenvalue weighted by Crippen LogP contribution is 2.12. The molecular formula is C14H22N2O2. The average molecular weight is 250 g/mol. The van der Waals surface area contributed by atoms with E-state index in [1.165, 1.54) is 0 Å². The summed E-state index contributed by atoms with van der Waals surface area (Å²) in [7, 11) is 3.50. The lowest BCUT2D eigenvalue weighted by Crippen LogP contribution is -2.39. The Kier molecular flexibility index (Phi) is 5.65. The molecule has 4 nitrogen and oxygen atoms in total. The Morgan fingerprint density at radius 1 is 1.33 bits per heavy atom. The molecule has 0 unspecified atom stereocenters. The van der Waals surface area contributed by atoms with Gasteiger partial charge >= 0.3 is 0 Å². The predicted octanol–water partition coefficient (Wildman–Crippen LogP) is 2.23. The van der Waals surface area contributed by atoms with Crippen molar-refractivity contribution >= 4 is 11.6 Å². The minimum atomic E-state index is 0.0460. The smallest absolute Gasteiger partial charge is 0.254 e. The number of benzene rings is 1. The van der Waals surface area contributed by atoms with E-state index in [-0.39, 0.29) is 11.9 Å². The van der Waals surface area contributed by atoms with E-state index in [1.807, 2.05) is 50.1 Å². The number of carbonyl (C=O) groups excluding carboxylic acids is 1. The molecule has 0 aromatic heterocycles. The lowest BCUT2D eigenvalue weighted by atomic mass is 10.1. The second kappa shape index (κ2) is 7.01. The highest BCUT2D eigenvalue weighted by molar-refractivity contribution is 5.94. The number of nitrogens with one attached hydrogen (secondary N) is 1. The van der Waals surface area contributed by atoms with Crippen LogP contribution in [-0.4, -0.2) is 44.2 Å². The normalized spacial score (nSPS) is 10.5. The SMILES string of the molecule is CNc1ccc(C(=O)N(CCOC)C(C)C)cc1. The first-order valence-corrected chi connectivity index (χ1v) is 6.18. The molecule has 0 aliphatic carbocycles. The second-order valence-electron chi connectivity index (χ2n) is 4.41. The van der Waals surface area contributed by atoms with Crippen LogP contribution >= 0.6 is 0 Å². The lowest BCUT2D eigenvalue weighted by molar-refractivity contribution is 0.0635. The second-order valence-corrected chi connectivity index (χ2v) is 4.41. The molecule has 0 atom stereocenters. The predicted molar refractivity (Wildman–Crippen MR) is 74.0 cm³/mol. The van der Waals surface area contributed by atoms with Crippen LogP contribution < -0.4 is 5.32 Å². The fourth-order valence-electron chi connectivity index (χ4n) is 1.73. The molecule has 0 saturated carbocycles. The Morgan fingerprint density at radius 2 is 1.94 bits per heavy atom. The summed E-state index contributed by atoms with van der Waals surface area (Å²) in [5, 5.41) is 3.03. The van der Waals surface area contributed by atoms with Gasteiger partial charge in [0.25, 0.3) is 5.91 Å². The van der Waals surface area contributed by atoms with Gasteiger partial charge in [-0.25, -0.2) is 0 Å². The summed E-state index contributed by atoms with van der Waals surface area (Å²) < 4.78 is 5.04. The molecule has 0 spiro atoms. The van der Waals surface area contributed by atoms with Gasteiger partial charge in [0.15, 0.2) is 0 Å². The minimum Gasteiger partial charge on any atom is -0.388 e. The number of hydrogen-bond donors (Lipinski definition) is 1. The van der Waals surface area contributed by atoms with Crippen molar-refractivity contribution in [3.8, 4) is 0 Å². The number of anilines is 1. The van der Waals surface area contributed by atoms with Crippen LogP contribution in [-0.2, 0) is 4.74 Å². The van der Waals surface area contributed by atoms with E-state index in [1.54, 1.807) is 7.11 Å². The Balaban J connectivity index is 2.80. The van der Waals surface area contributed by atoms with Crippen molar-refractivity contribution in [3.63, 3.8) is 0 Å². The van der Waals surface area contributed by atoms with Gasteiger partial charge in [-0.2, -0.15) is 0 Å². The molecular weight excluding hydrogens is 228 g/mol. The van der Waals surface area contributed by atoms with E-state index in [9.17, 15) is 4.79 Å². The van der Waals surface area contributed by atoms with Crippen molar-refractivity contribution < 1.29 is 9.53 Å². The third kappa shape index (κ3) is 3.74. The Labute approximate surface area is 109 Å². The molecule has 1 aromatic rings. The number of nitrogens with zero attached hydrogens (tertiary/aromatic N) is 1. The standard InChI is InChI=1S/C14H22N2O2/c1-11(2)16(9-10-18-4)14(17)12-5-7-13(15-3)8-6-12/h5-8,11,15H,9-10H2,1-4H3. The number of ether oxygens (including phenoxy) is 1. The summed E-state index contributed by atoms with van der Waals surface area (Å²) in [5.41, 5.74) is 1.71. The fourth-order valence-corrected chi connectivity index (χ4v) is 1.73. The first kappa shape index (κ1) is 14.5. The van der Waals surface area contributed by atoms with Gasteiger partial charge in [-0.05, 0) is 38.1 Å². The maximum atomic E-state index is 12.3. The maximum Gasteiger partial charge on any atom is 0.254 e. The van der Waals surface area contributed by atoms with E-state index in [2.05, 4.69) is 5.32 Å². The van der Waals surface area contributed by atoms with E-state index in [4.69, 9.17) is 4.74 Å². The van der Waals surface area contributed by atoms with E-state index < -0.39 is 0 Å². The van der Waals surface area contributed by atoms with Crippen LogP contribution in [0.25, 0.3) is 0 Å². The molecule has 18 heavy (non-hydrogen) atoms. The first-order chi connectivity index (χ1) is 8.60. The Morgan fingerprint density at radius 3 is 2.39 bits per heavy atom. The summed E-state index contributed by atoms with van der Waals surface area (Å²) in [6, 6.07) is 7.66. The van der Waals surface area contributed by atoms with E-state index in [0.717, 1.165) is 5.69 Å². The summed E-state index contributed by atoms with van der Waals surface area (Å²) in [6.45, 7) is 5.18. The number of amides is 1. The largest absolute Gasteiger partial charge is 0.388 e. The minimum absolute atomic E-state index is 0.0460. The molecule has 0 bridgehead atoms. The Bertz CT molecular complexity index is 374. The topological polar surface area (TPSA) is 41.6 Å². The molecule has 1 amide bonds. The van der Waals surface area contributed by atoms with Gasteiger partial charge in [-0.1, -0.05) is 0 Å². The number of rotatable bonds is 6. The first-order valence-electron chi connectivity index (χ1n) is 6.18. The van der Waals surface area contributed by atoms with Gasteiger partial charge in [-0.15, -0.1) is 0 Å². The highest BCUT2D eigenvalue weighted by atomic mass is 16.5. The van der Waals surface area contributed by atoms with Gasteiger partial charge in [0, 0.05) is 38.0 Å². The van der Waals surface area contributed by atoms with E-state index in [0.29, 0.717) is 18.7 Å². The van der Waals surface area contributed by atoms with Crippen molar-refractivity contribution in [3.05, 3.63) is 29.8 Å². The fraction of sp³-hybridized carbons (Fsp3) is 0.500. The highest BCUT2D eigenvalue weighted by Gasteiger charge is 2.18. The molecule has 1 rings (SSSR count). The van der Waals surface area contributed by atoms with Crippen LogP contribution in [0, 0.1) is 0 Å². The quantitative estimate of drug-likeness (QED) is 0.841. The van der Waals surface area contributed by atoms with E-state index >= 15 is 0 Å². The van der Waals surface area contributed by atoms with Crippen LogP contribution in [0.15, 0.2) is 24.3 Å². The molecule has 0 fully saturated rings. The van der Waals surface area contributed by atoms with Crippen LogP contribution in [0.4, 0.5) is 5.69 Å². The van der Waals surface area contributed by atoms with Gasteiger partial charge in [0.2, 0.25) is 0 Å².